The van der Waals surface area contributed by atoms with Gasteiger partial charge in [-0.25, -0.2) is 4.98 Å². The Morgan fingerprint density at radius 1 is 1.17 bits per heavy atom. The normalized spacial score (nSPS) is 16.4. The molecule has 0 saturated heterocycles. The van der Waals surface area contributed by atoms with Gasteiger partial charge in [0.05, 0.1) is 5.69 Å². The third-order valence-electron chi connectivity index (χ3n) is 5.58. The summed E-state index contributed by atoms with van der Waals surface area (Å²) in [7, 11) is 0. The fourth-order valence-electron chi connectivity index (χ4n) is 4.28. The van der Waals surface area contributed by atoms with E-state index in [9.17, 15) is 4.79 Å². The largest absolute Gasteiger partial charge is 0.356 e. The highest BCUT2D eigenvalue weighted by Crippen LogP contribution is 2.38. The Morgan fingerprint density at radius 2 is 2.07 bits per heavy atom. The molecule has 0 aliphatic carbocycles. The molecule has 0 fully saturated rings. The van der Waals surface area contributed by atoms with Crippen molar-refractivity contribution in [2.45, 2.75) is 12.5 Å². The summed E-state index contributed by atoms with van der Waals surface area (Å²) in [6, 6.07) is 13.9. The van der Waals surface area contributed by atoms with Crippen LogP contribution >= 0.6 is 11.3 Å². The van der Waals surface area contributed by atoms with Crippen LogP contribution in [-0.4, -0.2) is 36.7 Å². The van der Waals surface area contributed by atoms with Gasteiger partial charge in [-0.1, -0.05) is 24.3 Å². The number of aromatic nitrogens is 4. The summed E-state index contributed by atoms with van der Waals surface area (Å²) in [6.45, 7) is 0.625. The number of thiazole rings is 1. The van der Waals surface area contributed by atoms with Crippen molar-refractivity contribution in [2.75, 3.05) is 6.54 Å². The van der Waals surface area contributed by atoms with Gasteiger partial charge < -0.3 is 9.88 Å². The molecular weight excluding hydrogens is 382 g/mol. The maximum absolute atomic E-state index is 13.5. The van der Waals surface area contributed by atoms with E-state index in [1.807, 2.05) is 51.3 Å². The minimum absolute atomic E-state index is 0.0686. The number of nitrogens with zero attached hydrogens (tertiary/aromatic N) is 4. The van der Waals surface area contributed by atoms with Crippen molar-refractivity contribution in [2.24, 2.45) is 0 Å². The molecule has 7 heteroatoms. The Kier molecular flexibility index (Phi) is 3.57. The van der Waals surface area contributed by atoms with E-state index in [-0.39, 0.29) is 11.9 Å². The summed E-state index contributed by atoms with van der Waals surface area (Å²) in [5, 5.41) is 3.18. The zero-order chi connectivity index (χ0) is 19.4. The van der Waals surface area contributed by atoms with Gasteiger partial charge in [-0.2, -0.15) is 0 Å². The molecule has 4 aromatic heterocycles. The molecule has 0 spiro atoms. The Balaban J connectivity index is 1.50. The van der Waals surface area contributed by atoms with Crippen LogP contribution in [0.4, 0.5) is 0 Å². The number of hydrogen-bond acceptors (Lipinski definition) is 4. The van der Waals surface area contributed by atoms with Gasteiger partial charge in [0.1, 0.15) is 11.7 Å². The first-order chi connectivity index (χ1) is 14.3. The fraction of sp³-hybridized carbons (Fsp3) is 0.136. The lowest BCUT2D eigenvalue weighted by atomic mass is 9.94. The maximum atomic E-state index is 13.5. The number of para-hydroxylation sites is 1. The maximum Gasteiger partial charge on any atom is 0.275 e. The average Bonchev–Trinajstić information content (AvgIpc) is 3.46. The second-order valence-electron chi connectivity index (χ2n) is 7.19. The monoisotopic (exact) mass is 399 g/mol. The van der Waals surface area contributed by atoms with Gasteiger partial charge in [-0.15, -0.1) is 11.3 Å². The topological polar surface area (TPSA) is 66.3 Å². The van der Waals surface area contributed by atoms with E-state index in [4.69, 9.17) is 0 Å². The van der Waals surface area contributed by atoms with E-state index >= 15 is 0 Å². The summed E-state index contributed by atoms with van der Waals surface area (Å²) in [4.78, 5) is 28.9. The van der Waals surface area contributed by atoms with Gasteiger partial charge in [-0.3, -0.25) is 14.2 Å². The number of rotatable bonds is 2. The number of aromatic amines is 1. The van der Waals surface area contributed by atoms with Gasteiger partial charge in [0, 0.05) is 47.1 Å². The second-order valence-corrected chi connectivity index (χ2v) is 8.06. The van der Waals surface area contributed by atoms with Crippen LogP contribution in [-0.2, 0) is 6.42 Å². The van der Waals surface area contributed by atoms with Crippen LogP contribution in [0.15, 0.2) is 66.4 Å². The van der Waals surface area contributed by atoms with Crippen molar-refractivity contribution >= 4 is 33.1 Å². The molecule has 29 heavy (non-hydrogen) atoms. The lowest BCUT2D eigenvalue weighted by molar-refractivity contribution is 0.0683. The molecule has 1 atom stereocenters. The number of fused-ring (bicyclic) bond motifs is 4. The van der Waals surface area contributed by atoms with Crippen LogP contribution < -0.4 is 0 Å². The molecule has 1 amide bonds. The highest BCUT2D eigenvalue weighted by atomic mass is 32.1. The predicted octanol–water partition coefficient (Wildman–Crippen LogP) is 4.06. The molecule has 0 unspecified atom stereocenters. The molecule has 0 radical (unpaired) electrons. The van der Waals surface area contributed by atoms with Crippen molar-refractivity contribution in [3.63, 3.8) is 0 Å². The zero-order valence-corrected chi connectivity index (χ0v) is 16.3. The van der Waals surface area contributed by atoms with E-state index in [2.05, 4.69) is 33.2 Å². The van der Waals surface area contributed by atoms with Crippen molar-refractivity contribution in [3.05, 3.63) is 89.1 Å². The smallest absolute Gasteiger partial charge is 0.275 e. The molecule has 6 rings (SSSR count). The summed E-state index contributed by atoms with van der Waals surface area (Å²) in [5.74, 6) is -0.0686. The number of amides is 1. The third-order valence-corrected chi connectivity index (χ3v) is 6.35. The minimum Gasteiger partial charge on any atom is -0.356 e. The first-order valence-corrected chi connectivity index (χ1v) is 10.4. The molecule has 1 N–H and O–H groups in total. The van der Waals surface area contributed by atoms with Crippen LogP contribution in [0.5, 0.6) is 0 Å². The van der Waals surface area contributed by atoms with Gasteiger partial charge in [0.25, 0.3) is 5.91 Å². The number of nitrogens with one attached hydrogen (secondary N) is 1. The number of hydrogen-bond donors (Lipinski definition) is 1. The number of carbonyl (C=O) groups is 1. The Morgan fingerprint density at radius 3 is 2.93 bits per heavy atom. The highest BCUT2D eigenvalue weighted by Gasteiger charge is 2.36. The number of H-pyrrole nitrogens is 1. The van der Waals surface area contributed by atoms with Crippen molar-refractivity contribution < 1.29 is 4.79 Å². The number of imidazole rings is 1. The molecule has 5 heterocycles. The van der Waals surface area contributed by atoms with E-state index in [1.165, 1.54) is 22.3 Å². The number of benzene rings is 1. The lowest BCUT2D eigenvalue weighted by Crippen LogP contribution is -2.41. The molecule has 142 valence electrons. The van der Waals surface area contributed by atoms with E-state index in [0.717, 1.165) is 28.3 Å². The molecule has 0 bridgehead atoms. The van der Waals surface area contributed by atoms with E-state index in [0.29, 0.717) is 12.2 Å². The van der Waals surface area contributed by atoms with Gasteiger partial charge in [-0.05, 0) is 30.2 Å². The van der Waals surface area contributed by atoms with Gasteiger partial charge >= 0.3 is 0 Å². The molecule has 0 saturated carbocycles. The molecule has 6 nitrogen and oxygen atoms in total. The Bertz CT molecular complexity index is 1320. The molecule has 1 aliphatic rings. The summed E-state index contributed by atoms with van der Waals surface area (Å²) in [6.07, 6.45) is 6.31. The molecular formula is C22H17N5OS. The summed E-state index contributed by atoms with van der Waals surface area (Å²) < 4.78 is 1.89. The van der Waals surface area contributed by atoms with Gasteiger partial charge in [0.15, 0.2) is 4.96 Å². The molecule has 5 aromatic rings. The quantitative estimate of drug-likeness (QED) is 0.487. The summed E-state index contributed by atoms with van der Waals surface area (Å²) in [5.41, 5.74) is 4.73. The van der Waals surface area contributed by atoms with Crippen LogP contribution in [0.2, 0.25) is 0 Å². The first kappa shape index (κ1) is 16.5. The second kappa shape index (κ2) is 6.28. The Hall–Kier alpha value is -3.45. The zero-order valence-electron chi connectivity index (χ0n) is 15.4. The standard InChI is InChI=1S/C22H17N5OS/c28-21(18-13-26-11-12-29-22(26)25-18)27-10-8-15-14-5-1-2-6-16(14)24-19(15)20(27)17-7-3-4-9-23-17/h1-7,9,11-13,20,24H,8,10H2/t20-/m0/s1. The SMILES string of the molecule is O=C(c1cn2ccsc2n1)N1CCc2c([nH]c3ccccc23)[C@@H]1c1ccccn1. The van der Waals surface area contributed by atoms with Crippen molar-refractivity contribution in [1.29, 1.82) is 0 Å². The molecule has 1 aliphatic heterocycles. The van der Waals surface area contributed by atoms with E-state index in [1.54, 1.807) is 6.20 Å². The minimum atomic E-state index is -0.264. The van der Waals surface area contributed by atoms with Crippen molar-refractivity contribution in [3.8, 4) is 0 Å². The first-order valence-electron chi connectivity index (χ1n) is 9.53. The van der Waals surface area contributed by atoms with Crippen LogP contribution in [0.25, 0.3) is 15.9 Å². The third kappa shape index (κ3) is 2.51. The molecule has 1 aromatic carbocycles. The van der Waals surface area contributed by atoms with E-state index < -0.39 is 0 Å². The predicted molar refractivity (Wildman–Crippen MR) is 112 cm³/mol. The fourth-order valence-corrected chi connectivity index (χ4v) is 4.98. The van der Waals surface area contributed by atoms with Gasteiger partial charge in [0.2, 0.25) is 0 Å². The highest BCUT2D eigenvalue weighted by molar-refractivity contribution is 7.15. The number of carbonyl (C=O) groups excluding carboxylic acids is 1. The number of pyridine rings is 1. The van der Waals surface area contributed by atoms with Crippen LogP contribution in [0.3, 0.4) is 0 Å². The van der Waals surface area contributed by atoms with Crippen molar-refractivity contribution in [1.82, 2.24) is 24.3 Å². The van der Waals surface area contributed by atoms with Crippen LogP contribution in [0.1, 0.15) is 33.5 Å². The van der Waals surface area contributed by atoms with Crippen LogP contribution in [0, 0.1) is 0 Å². The summed E-state index contributed by atoms with van der Waals surface area (Å²) >= 11 is 1.52. The Labute approximate surface area is 170 Å². The lowest BCUT2D eigenvalue weighted by Gasteiger charge is -2.35. The average molecular weight is 399 g/mol.